The first-order valence-electron chi connectivity index (χ1n) is 11.1. The highest BCUT2D eigenvalue weighted by Gasteiger charge is 2.46. The fourth-order valence-corrected chi connectivity index (χ4v) is 4.14. The third-order valence-corrected chi connectivity index (χ3v) is 6.06. The van der Waals surface area contributed by atoms with Crippen LogP contribution in [0.15, 0.2) is 48.0 Å². The summed E-state index contributed by atoms with van der Waals surface area (Å²) in [6.07, 6.45) is 0.572. The van der Waals surface area contributed by atoms with Crippen LogP contribution in [0.3, 0.4) is 0 Å². The minimum atomic E-state index is -0.713. The summed E-state index contributed by atoms with van der Waals surface area (Å²) in [5.41, 5.74) is 3.08. The Kier molecular flexibility index (Phi) is 7.28. The van der Waals surface area contributed by atoms with Gasteiger partial charge >= 0.3 is 0 Å². The van der Waals surface area contributed by atoms with Gasteiger partial charge in [0, 0.05) is 25.8 Å². The summed E-state index contributed by atoms with van der Waals surface area (Å²) in [5.74, 6) is -0.844. The number of ketones is 1. The maximum atomic E-state index is 13.2. The molecule has 6 nitrogen and oxygen atoms in total. The normalized spacial score (nSPS) is 18.1. The van der Waals surface area contributed by atoms with Crippen molar-refractivity contribution < 1.29 is 24.2 Å². The summed E-state index contributed by atoms with van der Waals surface area (Å²) >= 11 is 0. The van der Waals surface area contributed by atoms with Crippen LogP contribution in [0, 0.1) is 6.92 Å². The number of amides is 1. The number of likely N-dealkylation sites (tertiary alicyclic amines) is 1. The van der Waals surface area contributed by atoms with Gasteiger partial charge < -0.3 is 19.5 Å². The molecule has 1 unspecified atom stereocenters. The lowest BCUT2D eigenvalue weighted by molar-refractivity contribution is -0.140. The molecule has 0 aromatic heterocycles. The Balaban J connectivity index is 2.21. The van der Waals surface area contributed by atoms with Crippen molar-refractivity contribution in [3.63, 3.8) is 0 Å². The van der Waals surface area contributed by atoms with Crippen LogP contribution >= 0.6 is 0 Å². The second kappa shape index (κ2) is 9.79. The van der Waals surface area contributed by atoms with E-state index in [9.17, 15) is 14.7 Å². The van der Waals surface area contributed by atoms with Crippen LogP contribution in [-0.2, 0) is 19.7 Å². The molecule has 1 aliphatic rings. The number of carbonyl (C=O) groups excluding carboxylic acids is 2. The third-order valence-electron chi connectivity index (χ3n) is 6.06. The van der Waals surface area contributed by atoms with Gasteiger partial charge in [-0.1, -0.05) is 45.0 Å². The molecular formula is C27H33NO5. The number of aliphatic hydroxyl groups excluding tert-OH is 1. The molecule has 2 aromatic carbocycles. The maximum Gasteiger partial charge on any atom is 0.295 e. The average Bonchev–Trinajstić information content (AvgIpc) is 3.03. The number of benzene rings is 2. The van der Waals surface area contributed by atoms with Crippen LogP contribution < -0.4 is 4.74 Å². The first-order valence-corrected chi connectivity index (χ1v) is 11.1. The predicted octanol–water partition coefficient (Wildman–Crippen LogP) is 4.76. The molecule has 0 aliphatic carbocycles. The van der Waals surface area contributed by atoms with Crippen molar-refractivity contribution in [1.82, 2.24) is 4.90 Å². The fraction of sp³-hybridized carbons (Fsp3) is 0.407. The van der Waals surface area contributed by atoms with Gasteiger partial charge in [0.25, 0.3) is 11.7 Å². The van der Waals surface area contributed by atoms with Crippen LogP contribution in [0.25, 0.3) is 5.76 Å². The Morgan fingerprint density at radius 1 is 1.09 bits per heavy atom. The number of methoxy groups -OCH3 is 2. The molecule has 0 bridgehead atoms. The summed E-state index contributed by atoms with van der Waals surface area (Å²) in [4.78, 5) is 27.8. The first-order chi connectivity index (χ1) is 15.6. The standard InChI is InChI=1S/C27H33NO5/c1-17-11-12-19(27(2,3)4)16-21(17)24(29)22-23(18-9-7-10-20(15-18)33-6)28(13-8-14-32-5)26(31)25(22)30/h7,9-12,15-16,23,29H,8,13-14H2,1-6H3/b24-22+. The van der Waals surface area contributed by atoms with Gasteiger partial charge in [0.05, 0.1) is 18.7 Å². The number of hydrogen-bond acceptors (Lipinski definition) is 5. The second-order valence-electron chi connectivity index (χ2n) is 9.40. The van der Waals surface area contributed by atoms with Gasteiger partial charge in [-0.25, -0.2) is 0 Å². The minimum absolute atomic E-state index is 0.0971. The highest BCUT2D eigenvalue weighted by atomic mass is 16.5. The zero-order valence-corrected chi connectivity index (χ0v) is 20.3. The molecule has 1 amide bonds. The molecular weight excluding hydrogens is 418 g/mol. The van der Waals surface area contributed by atoms with Crippen LogP contribution in [0.2, 0.25) is 0 Å². The van der Waals surface area contributed by atoms with E-state index in [0.29, 0.717) is 36.4 Å². The van der Waals surface area contributed by atoms with E-state index >= 15 is 0 Å². The number of aliphatic hydroxyl groups is 1. The van der Waals surface area contributed by atoms with E-state index in [-0.39, 0.29) is 16.7 Å². The summed E-state index contributed by atoms with van der Waals surface area (Å²) in [6.45, 7) is 8.95. The van der Waals surface area contributed by atoms with E-state index in [1.807, 2.05) is 37.3 Å². The Hall–Kier alpha value is -3.12. The lowest BCUT2D eigenvalue weighted by atomic mass is 9.84. The Bertz CT molecular complexity index is 1080. The van der Waals surface area contributed by atoms with Gasteiger partial charge in [0.2, 0.25) is 0 Å². The number of Topliss-reactive ketones (excluding diaryl/α,β-unsaturated/α-hetero) is 1. The van der Waals surface area contributed by atoms with Crippen LogP contribution in [0.4, 0.5) is 0 Å². The van der Waals surface area contributed by atoms with Crippen molar-refractivity contribution in [2.24, 2.45) is 0 Å². The van der Waals surface area contributed by atoms with Gasteiger partial charge in [-0.05, 0) is 53.6 Å². The lowest BCUT2D eigenvalue weighted by Crippen LogP contribution is -2.31. The molecule has 3 rings (SSSR count). The van der Waals surface area contributed by atoms with E-state index in [2.05, 4.69) is 20.8 Å². The van der Waals surface area contributed by atoms with Crippen molar-refractivity contribution in [3.8, 4) is 5.75 Å². The SMILES string of the molecule is COCCCN1C(=O)C(=O)/C(=C(/O)c2cc(C(C)(C)C)ccc2C)C1c1cccc(OC)c1. The summed E-state index contributed by atoms with van der Waals surface area (Å²) < 4.78 is 10.5. The van der Waals surface area contributed by atoms with Crippen molar-refractivity contribution in [1.29, 1.82) is 0 Å². The monoisotopic (exact) mass is 451 g/mol. The second-order valence-corrected chi connectivity index (χ2v) is 9.40. The van der Waals surface area contributed by atoms with Crippen molar-refractivity contribution >= 4 is 17.4 Å². The van der Waals surface area contributed by atoms with E-state index in [1.165, 1.54) is 4.90 Å². The Labute approximate surface area is 195 Å². The topological polar surface area (TPSA) is 76.1 Å². The fourth-order valence-electron chi connectivity index (χ4n) is 4.14. The smallest absolute Gasteiger partial charge is 0.295 e. The van der Waals surface area contributed by atoms with Gasteiger partial charge in [0.1, 0.15) is 11.5 Å². The molecule has 0 saturated carbocycles. The summed E-state index contributed by atoms with van der Waals surface area (Å²) in [7, 11) is 3.16. The Morgan fingerprint density at radius 2 is 1.82 bits per heavy atom. The summed E-state index contributed by atoms with van der Waals surface area (Å²) in [6, 6.07) is 12.4. The quantitative estimate of drug-likeness (QED) is 0.284. The summed E-state index contributed by atoms with van der Waals surface area (Å²) in [5, 5.41) is 11.5. The maximum absolute atomic E-state index is 13.2. The van der Waals surface area contributed by atoms with Crippen LogP contribution in [0.1, 0.15) is 55.5 Å². The van der Waals surface area contributed by atoms with Gasteiger partial charge in [-0.3, -0.25) is 9.59 Å². The average molecular weight is 452 g/mol. The number of nitrogens with zero attached hydrogens (tertiary/aromatic N) is 1. The number of ether oxygens (including phenoxy) is 2. The van der Waals surface area contributed by atoms with E-state index in [0.717, 1.165) is 11.1 Å². The molecule has 33 heavy (non-hydrogen) atoms. The molecule has 176 valence electrons. The highest BCUT2D eigenvalue weighted by Crippen LogP contribution is 2.41. The molecule has 1 heterocycles. The molecule has 0 radical (unpaired) electrons. The van der Waals surface area contributed by atoms with E-state index in [4.69, 9.17) is 9.47 Å². The molecule has 1 fully saturated rings. The molecule has 1 saturated heterocycles. The van der Waals surface area contributed by atoms with Crippen molar-refractivity contribution in [3.05, 3.63) is 70.3 Å². The predicted molar refractivity (Wildman–Crippen MR) is 128 cm³/mol. The minimum Gasteiger partial charge on any atom is -0.507 e. The molecule has 1 aliphatic heterocycles. The van der Waals surface area contributed by atoms with Gasteiger partial charge in [0.15, 0.2) is 0 Å². The molecule has 1 atom stereocenters. The van der Waals surface area contributed by atoms with Crippen molar-refractivity contribution in [2.45, 2.75) is 45.6 Å². The number of aryl methyl sites for hydroxylation is 1. The lowest BCUT2D eigenvalue weighted by Gasteiger charge is -2.26. The zero-order chi connectivity index (χ0) is 24.3. The largest absolute Gasteiger partial charge is 0.507 e. The van der Waals surface area contributed by atoms with Gasteiger partial charge in [-0.15, -0.1) is 0 Å². The number of carbonyl (C=O) groups is 2. The highest BCUT2D eigenvalue weighted by molar-refractivity contribution is 6.46. The van der Waals surface area contributed by atoms with Crippen LogP contribution in [-0.4, -0.2) is 49.1 Å². The third kappa shape index (κ3) is 4.96. The van der Waals surface area contributed by atoms with E-state index < -0.39 is 17.7 Å². The molecule has 2 aromatic rings. The van der Waals surface area contributed by atoms with Crippen LogP contribution in [0.5, 0.6) is 5.75 Å². The zero-order valence-electron chi connectivity index (χ0n) is 20.3. The van der Waals surface area contributed by atoms with Crippen molar-refractivity contribution in [2.75, 3.05) is 27.4 Å². The van der Waals surface area contributed by atoms with Gasteiger partial charge in [-0.2, -0.15) is 0 Å². The molecule has 0 spiro atoms. The molecule has 1 N–H and O–H groups in total. The first kappa shape index (κ1) is 24.5. The molecule has 6 heteroatoms. The Morgan fingerprint density at radius 3 is 2.45 bits per heavy atom. The number of hydrogen-bond donors (Lipinski definition) is 1. The number of rotatable bonds is 7. The van der Waals surface area contributed by atoms with E-state index in [1.54, 1.807) is 26.4 Å².